The van der Waals surface area contributed by atoms with E-state index in [4.69, 9.17) is 11.5 Å². The van der Waals surface area contributed by atoms with Crippen molar-refractivity contribution in [2.45, 2.75) is 0 Å². The monoisotopic (exact) mass is 207 g/mol. The first-order valence-electron chi connectivity index (χ1n) is 3.99. The fourth-order valence-corrected chi connectivity index (χ4v) is 1.84. The van der Waals surface area contributed by atoms with E-state index in [1.165, 1.54) is 0 Å². The summed E-state index contributed by atoms with van der Waals surface area (Å²) in [6, 6.07) is 5.22. The minimum absolute atomic E-state index is 0.0824. The number of hydrogen-bond donors (Lipinski definition) is 3. The molecule has 0 amide bonds. The normalized spacial score (nSPS) is 10.3. The van der Waals surface area contributed by atoms with Gasteiger partial charge in [0, 0.05) is 22.3 Å². The van der Waals surface area contributed by atoms with Gasteiger partial charge in [0.25, 0.3) is 0 Å². The Balaban J connectivity index is 2.56. The topological polar surface area (TPSA) is 84.9 Å². The minimum Gasteiger partial charge on any atom is -0.399 e. The Morgan fingerprint density at radius 2 is 1.79 bits per heavy atom. The van der Waals surface area contributed by atoms with Gasteiger partial charge in [-0.3, -0.25) is 4.79 Å². The maximum absolute atomic E-state index is 10.9. The van der Waals surface area contributed by atoms with Gasteiger partial charge in [-0.2, -0.15) is 0 Å². The third kappa shape index (κ3) is 1.62. The van der Waals surface area contributed by atoms with E-state index in [1.54, 1.807) is 23.6 Å². The molecule has 0 aliphatic heterocycles. The van der Waals surface area contributed by atoms with Gasteiger partial charge in [-0.15, -0.1) is 0 Å². The number of hydrogen-bond acceptors (Lipinski definition) is 4. The Bertz CT molecular complexity index is 495. The molecule has 0 atom stereocenters. The van der Waals surface area contributed by atoms with Gasteiger partial charge in [0.05, 0.1) is 5.69 Å². The second-order valence-electron chi connectivity index (χ2n) is 2.95. The first-order valence-corrected chi connectivity index (χ1v) is 4.87. The highest BCUT2D eigenvalue weighted by molar-refractivity contribution is 7.07. The Labute approximate surface area is 84.2 Å². The number of anilines is 2. The number of nitrogen functional groups attached to an aromatic ring is 2. The zero-order valence-electron chi connectivity index (χ0n) is 7.28. The van der Waals surface area contributed by atoms with Crippen molar-refractivity contribution in [3.63, 3.8) is 0 Å². The highest BCUT2D eigenvalue weighted by Crippen LogP contribution is 2.22. The third-order valence-electron chi connectivity index (χ3n) is 1.81. The van der Waals surface area contributed by atoms with Crippen molar-refractivity contribution in [2.75, 3.05) is 11.5 Å². The lowest BCUT2D eigenvalue weighted by Crippen LogP contribution is -1.94. The molecule has 0 bridgehead atoms. The highest BCUT2D eigenvalue weighted by atomic mass is 32.1. The minimum atomic E-state index is -0.0824. The van der Waals surface area contributed by atoms with E-state index in [0.29, 0.717) is 11.4 Å². The average molecular weight is 207 g/mol. The molecule has 0 spiro atoms. The molecule has 0 saturated heterocycles. The summed E-state index contributed by atoms with van der Waals surface area (Å²) >= 11 is 1.12. The second-order valence-corrected chi connectivity index (χ2v) is 3.79. The largest absolute Gasteiger partial charge is 0.399 e. The summed E-state index contributed by atoms with van der Waals surface area (Å²) < 4.78 is 0. The van der Waals surface area contributed by atoms with Gasteiger partial charge in [-0.1, -0.05) is 11.3 Å². The molecule has 0 unspecified atom stereocenters. The molecule has 5 heteroatoms. The molecule has 14 heavy (non-hydrogen) atoms. The van der Waals surface area contributed by atoms with Crippen LogP contribution >= 0.6 is 11.3 Å². The predicted octanol–water partition coefficient (Wildman–Crippen LogP) is 1.27. The number of aromatic nitrogens is 1. The fourth-order valence-electron chi connectivity index (χ4n) is 1.25. The molecule has 2 aromatic rings. The molecule has 1 aromatic heterocycles. The summed E-state index contributed by atoms with van der Waals surface area (Å²) in [7, 11) is 0. The van der Waals surface area contributed by atoms with Crippen LogP contribution in [0.3, 0.4) is 0 Å². The third-order valence-corrected chi connectivity index (χ3v) is 2.48. The van der Waals surface area contributed by atoms with Crippen molar-refractivity contribution in [1.29, 1.82) is 0 Å². The van der Waals surface area contributed by atoms with Crippen molar-refractivity contribution in [1.82, 2.24) is 4.98 Å². The molecule has 2 rings (SSSR count). The van der Waals surface area contributed by atoms with E-state index in [9.17, 15) is 4.79 Å². The maximum atomic E-state index is 10.9. The van der Waals surface area contributed by atoms with Crippen LogP contribution in [0.15, 0.2) is 28.4 Å². The van der Waals surface area contributed by atoms with Gasteiger partial charge in [0.2, 0.25) is 0 Å². The van der Waals surface area contributed by atoms with Crippen molar-refractivity contribution in [3.05, 3.63) is 33.2 Å². The zero-order valence-corrected chi connectivity index (χ0v) is 8.10. The standard InChI is InChI=1S/C9H9N3OS/c10-6-1-5(2-7(11)3-6)8-4-14-9(13)12-8/h1-4H,10-11H2,(H,12,13). The smallest absolute Gasteiger partial charge is 0.304 e. The van der Waals surface area contributed by atoms with E-state index < -0.39 is 0 Å². The lowest BCUT2D eigenvalue weighted by Gasteiger charge is -2.01. The van der Waals surface area contributed by atoms with E-state index in [1.807, 2.05) is 0 Å². The van der Waals surface area contributed by atoms with Crippen LogP contribution in [-0.2, 0) is 0 Å². The van der Waals surface area contributed by atoms with Crippen LogP contribution in [0.5, 0.6) is 0 Å². The summed E-state index contributed by atoms with van der Waals surface area (Å²) in [5.41, 5.74) is 14.0. The second kappa shape index (κ2) is 3.19. The molecule has 0 saturated carbocycles. The molecule has 0 fully saturated rings. The van der Waals surface area contributed by atoms with E-state index in [0.717, 1.165) is 22.6 Å². The van der Waals surface area contributed by atoms with Crippen LogP contribution in [0.1, 0.15) is 0 Å². The number of H-pyrrole nitrogens is 1. The number of aromatic amines is 1. The quantitative estimate of drug-likeness (QED) is 0.615. The van der Waals surface area contributed by atoms with Crippen molar-refractivity contribution in [3.8, 4) is 11.3 Å². The van der Waals surface area contributed by atoms with Gasteiger partial charge >= 0.3 is 4.87 Å². The summed E-state index contributed by atoms with van der Waals surface area (Å²) in [4.78, 5) is 13.6. The summed E-state index contributed by atoms with van der Waals surface area (Å²) in [6.45, 7) is 0. The lowest BCUT2D eigenvalue weighted by molar-refractivity contribution is 1.34. The molecular formula is C9H9N3OS. The van der Waals surface area contributed by atoms with Crippen molar-refractivity contribution < 1.29 is 0 Å². The maximum Gasteiger partial charge on any atom is 0.304 e. The Morgan fingerprint density at radius 1 is 1.14 bits per heavy atom. The summed E-state index contributed by atoms with van der Waals surface area (Å²) in [6.07, 6.45) is 0. The summed E-state index contributed by atoms with van der Waals surface area (Å²) in [5.74, 6) is 0. The van der Waals surface area contributed by atoms with Gasteiger partial charge in [-0.05, 0) is 18.2 Å². The van der Waals surface area contributed by atoms with E-state index >= 15 is 0 Å². The number of thiazole rings is 1. The zero-order chi connectivity index (χ0) is 10.1. The van der Waals surface area contributed by atoms with Gasteiger partial charge in [0.15, 0.2) is 0 Å². The van der Waals surface area contributed by atoms with Crippen LogP contribution < -0.4 is 16.3 Å². The first-order chi connectivity index (χ1) is 6.65. The van der Waals surface area contributed by atoms with Gasteiger partial charge < -0.3 is 16.5 Å². The highest BCUT2D eigenvalue weighted by Gasteiger charge is 2.02. The SMILES string of the molecule is Nc1cc(N)cc(-c2csc(=O)[nH]2)c1. The average Bonchev–Trinajstić information content (AvgIpc) is 2.50. The molecule has 4 nitrogen and oxygen atoms in total. The number of nitrogens with two attached hydrogens (primary N) is 2. The van der Waals surface area contributed by atoms with Crippen LogP contribution in [0.25, 0.3) is 11.3 Å². The summed E-state index contributed by atoms with van der Waals surface area (Å²) in [5, 5.41) is 1.75. The molecule has 1 heterocycles. The number of benzene rings is 1. The molecule has 72 valence electrons. The van der Waals surface area contributed by atoms with Crippen LogP contribution in [0.2, 0.25) is 0 Å². The van der Waals surface area contributed by atoms with Crippen LogP contribution in [-0.4, -0.2) is 4.98 Å². The Morgan fingerprint density at radius 3 is 2.29 bits per heavy atom. The number of rotatable bonds is 1. The van der Waals surface area contributed by atoms with E-state index in [-0.39, 0.29) is 4.87 Å². The van der Waals surface area contributed by atoms with Crippen LogP contribution in [0.4, 0.5) is 11.4 Å². The Kier molecular flexibility index (Phi) is 2.01. The Hall–Kier alpha value is -1.75. The molecular weight excluding hydrogens is 198 g/mol. The van der Waals surface area contributed by atoms with Gasteiger partial charge in [-0.25, -0.2) is 0 Å². The van der Waals surface area contributed by atoms with Crippen molar-refractivity contribution >= 4 is 22.7 Å². The van der Waals surface area contributed by atoms with E-state index in [2.05, 4.69) is 4.98 Å². The lowest BCUT2D eigenvalue weighted by atomic mass is 10.1. The van der Waals surface area contributed by atoms with Crippen LogP contribution in [0, 0.1) is 0 Å². The molecule has 0 radical (unpaired) electrons. The van der Waals surface area contributed by atoms with Gasteiger partial charge in [0.1, 0.15) is 0 Å². The molecule has 1 aromatic carbocycles. The van der Waals surface area contributed by atoms with Crippen molar-refractivity contribution in [2.24, 2.45) is 0 Å². The number of nitrogens with one attached hydrogen (secondary N) is 1. The first kappa shape index (κ1) is 8.83. The molecule has 5 N–H and O–H groups in total. The fraction of sp³-hybridized carbons (Fsp3) is 0. The predicted molar refractivity (Wildman–Crippen MR) is 59.2 cm³/mol. The molecule has 0 aliphatic carbocycles. The molecule has 0 aliphatic rings.